The third-order valence-corrected chi connectivity index (χ3v) is 9.70. The van der Waals surface area contributed by atoms with Crippen molar-refractivity contribution in [1.82, 2.24) is 0 Å². The van der Waals surface area contributed by atoms with E-state index in [1.54, 1.807) is 6.07 Å². The van der Waals surface area contributed by atoms with Crippen molar-refractivity contribution in [3.8, 4) is 0 Å². The molecule has 190 valence electrons. The fourth-order valence-corrected chi connectivity index (χ4v) is 7.70. The van der Waals surface area contributed by atoms with Crippen LogP contribution < -0.4 is 0 Å². The summed E-state index contributed by atoms with van der Waals surface area (Å²) in [5.74, 6) is 3.68. The third-order valence-electron chi connectivity index (χ3n) is 9.70. The van der Waals surface area contributed by atoms with Gasteiger partial charge in [-0.05, 0) is 118 Å². The zero-order valence-corrected chi connectivity index (χ0v) is 21.9. The molecule has 0 spiro atoms. The fraction of sp³-hybridized carbons (Fsp3) is 0.750. The third kappa shape index (κ3) is 6.33. The van der Waals surface area contributed by atoms with Crippen molar-refractivity contribution < 1.29 is 8.78 Å². The molecular weight excluding hydrogens is 422 g/mol. The lowest BCUT2D eigenvalue weighted by atomic mass is 9.60. The molecule has 0 heterocycles. The lowest BCUT2D eigenvalue weighted by molar-refractivity contribution is 0.0688. The molecule has 2 fully saturated rings. The van der Waals surface area contributed by atoms with Crippen molar-refractivity contribution in [1.29, 1.82) is 0 Å². The summed E-state index contributed by atoms with van der Waals surface area (Å²) in [6, 6.07) is 1.69. The van der Waals surface area contributed by atoms with Crippen LogP contribution in [0.3, 0.4) is 0 Å². The summed E-state index contributed by atoms with van der Waals surface area (Å²) < 4.78 is 29.9. The van der Waals surface area contributed by atoms with E-state index in [1.165, 1.54) is 77.0 Å². The van der Waals surface area contributed by atoms with E-state index in [9.17, 15) is 4.39 Å². The maximum atomic E-state index is 15.2. The Bertz CT molecular complexity index is 810. The number of fused-ring (bicyclic) bond motifs is 2. The zero-order valence-electron chi connectivity index (χ0n) is 21.9. The van der Waals surface area contributed by atoms with Gasteiger partial charge in [0.15, 0.2) is 0 Å². The van der Waals surface area contributed by atoms with E-state index in [1.807, 2.05) is 19.1 Å². The second-order valence-corrected chi connectivity index (χ2v) is 11.9. The maximum absolute atomic E-state index is 15.2. The predicted molar refractivity (Wildman–Crippen MR) is 140 cm³/mol. The van der Waals surface area contributed by atoms with E-state index in [0.717, 1.165) is 54.1 Å². The molecule has 0 N–H and O–H groups in total. The van der Waals surface area contributed by atoms with Gasteiger partial charge in [0, 0.05) is 5.56 Å². The molecule has 0 radical (unpaired) electrons. The molecule has 5 atom stereocenters. The number of unbranched alkanes of at least 4 members (excludes halogenated alkanes) is 4. The van der Waals surface area contributed by atoms with Gasteiger partial charge in [-0.3, -0.25) is 0 Å². The molecule has 0 aliphatic heterocycles. The Kier molecular flexibility index (Phi) is 9.66. The summed E-state index contributed by atoms with van der Waals surface area (Å²) in [5.41, 5.74) is 2.09. The lowest BCUT2D eigenvalue weighted by Crippen LogP contribution is -2.35. The first-order chi connectivity index (χ1) is 16.6. The minimum atomic E-state index is -0.321. The van der Waals surface area contributed by atoms with E-state index < -0.39 is 0 Å². The summed E-state index contributed by atoms with van der Waals surface area (Å²) in [6.07, 6.45) is 24.9. The Morgan fingerprint density at radius 2 is 1.62 bits per heavy atom. The topological polar surface area (TPSA) is 0 Å². The van der Waals surface area contributed by atoms with Gasteiger partial charge >= 0.3 is 0 Å². The van der Waals surface area contributed by atoms with Crippen LogP contribution in [0.4, 0.5) is 8.78 Å². The minimum Gasteiger partial charge on any atom is -0.207 e. The van der Waals surface area contributed by atoms with Crippen LogP contribution in [0.2, 0.25) is 0 Å². The highest BCUT2D eigenvalue weighted by Crippen LogP contribution is 2.49. The van der Waals surface area contributed by atoms with E-state index in [4.69, 9.17) is 0 Å². The van der Waals surface area contributed by atoms with E-state index >= 15 is 4.39 Å². The first-order valence-corrected chi connectivity index (χ1v) is 14.7. The molecule has 2 saturated carbocycles. The summed E-state index contributed by atoms with van der Waals surface area (Å²) in [5, 5.41) is 0. The van der Waals surface area contributed by atoms with Crippen LogP contribution in [0.15, 0.2) is 18.2 Å². The Morgan fingerprint density at radius 3 is 2.41 bits per heavy atom. The predicted octanol–water partition coefficient (Wildman–Crippen LogP) is 9.77. The number of hydrogen-bond donors (Lipinski definition) is 0. The monoisotopic (exact) mass is 470 g/mol. The molecule has 1 aromatic rings. The lowest BCUT2D eigenvalue weighted by Gasteiger charge is -2.45. The van der Waals surface area contributed by atoms with Crippen molar-refractivity contribution in [3.05, 3.63) is 46.5 Å². The highest BCUT2D eigenvalue weighted by Gasteiger charge is 2.39. The van der Waals surface area contributed by atoms with Gasteiger partial charge in [0.05, 0.1) is 0 Å². The molecule has 0 nitrogen and oxygen atoms in total. The van der Waals surface area contributed by atoms with E-state index in [0.29, 0.717) is 24.3 Å². The van der Waals surface area contributed by atoms with Crippen LogP contribution in [0.25, 0.3) is 0 Å². The van der Waals surface area contributed by atoms with Gasteiger partial charge in [-0.15, -0.1) is 0 Å². The number of hydrogen-bond acceptors (Lipinski definition) is 0. The van der Waals surface area contributed by atoms with Gasteiger partial charge in [0.1, 0.15) is 11.6 Å². The largest absolute Gasteiger partial charge is 0.207 e. The minimum absolute atomic E-state index is 0.241. The molecule has 3 aliphatic carbocycles. The smallest absolute Gasteiger partial charge is 0.132 e. The molecule has 4 rings (SSSR count). The molecular formula is C32H48F2. The average molecular weight is 471 g/mol. The van der Waals surface area contributed by atoms with Crippen LogP contribution in [-0.4, -0.2) is 0 Å². The van der Waals surface area contributed by atoms with E-state index in [-0.39, 0.29) is 11.6 Å². The fourth-order valence-electron chi connectivity index (χ4n) is 7.70. The highest BCUT2D eigenvalue weighted by molar-refractivity contribution is 5.37. The van der Waals surface area contributed by atoms with Crippen molar-refractivity contribution in [3.63, 3.8) is 0 Å². The number of allylic oxidation sites excluding steroid dienone is 2. The first-order valence-electron chi connectivity index (χ1n) is 14.7. The Balaban J connectivity index is 1.29. The summed E-state index contributed by atoms with van der Waals surface area (Å²) in [6.45, 7) is 4.25. The molecule has 5 unspecified atom stereocenters. The van der Waals surface area contributed by atoms with E-state index in [2.05, 4.69) is 6.92 Å². The van der Waals surface area contributed by atoms with Crippen LogP contribution in [0.1, 0.15) is 120 Å². The van der Waals surface area contributed by atoms with Crippen molar-refractivity contribution >= 4 is 0 Å². The Labute approximate surface area is 208 Å². The zero-order chi connectivity index (χ0) is 23.9. The molecule has 0 aromatic heterocycles. The highest BCUT2D eigenvalue weighted by atomic mass is 19.1. The standard InChI is InChI=1S/C32H48F2/c1-3-5-7-8-10-11-23-13-14-25-20-26(16-15-24(25)19-23)27-17-18-29-28(21-27)22-31(33)30(32(29)34)12-9-6-4-2/h4,6,22-27H,3,5,7-21H2,1-2H3/b6-4+. The molecule has 0 saturated heterocycles. The van der Waals surface area contributed by atoms with Crippen LogP contribution in [-0.2, 0) is 19.3 Å². The van der Waals surface area contributed by atoms with Gasteiger partial charge in [-0.1, -0.05) is 64.0 Å². The van der Waals surface area contributed by atoms with Crippen LogP contribution in [0.5, 0.6) is 0 Å². The van der Waals surface area contributed by atoms with Gasteiger partial charge in [0.25, 0.3) is 0 Å². The first kappa shape index (κ1) is 25.9. The molecule has 3 aliphatic rings. The molecule has 1 aromatic carbocycles. The molecule has 2 heteroatoms. The van der Waals surface area contributed by atoms with Gasteiger partial charge in [-0.25, -0.2) is 8.78 Å². The van der Waals surface area contributed by atoms with Crippen molar-refractivity contribution in [2.75, 3.05) is 0 Å². The van der Waals surface area contributed by atoms with Crippen LogP contribution >= 0.6 is 0 Å². The Morgan fingerprint density at radius 1 is 0.882 bits per heavy atom. The summed E-state index contributed by atoms with van der Waals surface area (Å²) >= 11 is 0. The molecule has 34 heavy (non-hydrogen) atoms. The van der Waals surface area contributed by atoms with Crippen molar-refractivity contribution in [2.45, 2.75) is 123 Å². The number of rotatable bonds is 10. The number of halogens is 2. The normalized spacial score (nSPS) is 29.2. The second kappa shape index (κ2) is 12.7. The second-order valence-electron chi connectivity index (χ2n) is 11.9. The summed E-state index contributed by atoms with van der Waals surface area (Å²) in [4.78, 5) is 0. The van der Waals surface area contributed by atoms with Crippen LogP contribution in [0, 0.1) is 41.2 Å². The summed E-state index contributed by atoms with van der Waals surface area (Å²) in [7, 11) is 0. The maximum Gasteiger partial charge on any atom is 0.132 e. The SMILES string of the molecule is C/C=C/CCc1c(F)cc2c(c1F)CCC(C1CCC3CC(CCCCCCC)CCC3C1)C2. The average Bonchev–Trinajstić information content (AvgIpc) is 2.85. The Hall–Kier alpha value is -1.18. The number of benzene rings is 1. The molecule has 0 amide bonds. The van der Waals surface area contributed by atoms with Gasteiger partial charge in [0.2, 0.25) is 0 Å². The van der Waals surface area contributed by atoms with Gasteiger partial charge in [-0.2, -0.15) is 0 Å². The van der Waals surface area contributed by atoms with Gasteiger partial charge < -0.3 is 0 Å². The molecule has 0 bridgehead atoms. The van der Waals surface area contributed by atoms with Crippen molar-refractivity contribution in [2.24, 2.45) is 29.6 Å². The quantitative estimate of drug-likeness (QED) is 0.236.